The van der Waals surface area contributed by atoms with E-state index in [0.29, 0.717) is 11.1 Å². The first-order valence-electron chi connectivity index (χ1n) is 5.97. The second-order valence-electron chi connectivity index (χ2n) is 4.63. The quantitative estimate of drug-likeness (QED) is 0.842. The van der Waals surface area contributed by atoms with Gasteiger partial charge in [-0.15, -0.1) is 0 Å². The van der Waals surface area contributed by atoms with Crippen LogP contribution in [0, 0.1) is 17.5 Å². The van der Waals surface area contributed by atoms with Gasteiger partial charge in [0, 0.05) is 6.04 Å². The van der Waals surface area contributed by atoms with Crippen LogP contribution >= 0.6 is 0 Å². The summed E-state index contributed by atoms with van der Waals surface area (Å²) in [5.74, 6) is -3.82. The van der Waals surface area contributed by atoms with Crippen LogP contribution in [0.5, 0.6) is 0 Å². The maximum absolute atomic E-state index is 13.1. The summed E-state index contributed by atoms with van der Waals surface area (Å²) < 4.78 is 39.2. The monoisotopic (exact) mass is 265 g/mol. The molecule has 0 aromatic heterocycles. The normalized spacial score (nSPS) is 12.5. The van der Waals surface area contributed by atoms with Gasteiger partial charge < -0.3 is 5.73 Å². The molecule has 0 bridgehead atoms. The van der Waals surface area contributed by atoms with Crippen molar-refractivity contribution in [1.29, 1.82) is 0 Å². The summed E-state index contributed by atoms with van der Waals surface area (Å²) in [6, 6.07) is 9.19. The highest BCUT2D eigenvalue weighted by atomic mass is 19.2. The first-order chi connectivity index (χ1) is 8.97. The molecule has 1 unspecified atom stereocenters. The van der Waals surface area contributed by atoms with Gasteiger partial charge in [0.1, 0.15) is 0 Å². The van der Waals surface area contributed by atoms with Gasteiger partial charge in [0.05, 0.1) is 0 Å². The summed E-state index contributed by atoms with van der Waals surface area (Å²) in [5.41, 5.74) is 7.67. The second-order valence-corrected chi connectivity index (χ2v) is 4.63. The van der Waals surface area contributed by atoms with E-state index >= 15 is 0 Å². The van der Waals surface area contributed by atoms with E-state index in [1.807, 2.05) is 19.1 Å². The third-order valence-electron chi connectivity index (χ3n) is 2.83. The van der Waals surface area contributed by atoms with Gasteiger partial charge in [0.2, 0.25) is 0 Å². The molecule has 0 heterocycles. The summed E-state index contributed by atoms with van der Waals surface area (Å²) in [6.07, 6.45) is 0.729. The molecule has 0 radical (unpaired) electrons. The highest BCUT2D eigenvalue weighted by Crippen LogP contribution is 2.24. The molecule has 2 aromatic carbocycles. The average Bonchev–Trinajstić information content (AvgIpc) is 2.35. The molecule has 0 aliphatic carbocycles. The van der Waals surface area contributed by atoms with Crippen LogP contribution in [0.25, 0.3) is 11.1 Å². The van der Waals surface area contributed by atoms with Crippen LogP contribution in [0.2, 0.25) is 0 Å². The summed E-state index contributed by atoms with van der Waals surface area (Å²) in [5, 5.41) is 0. The Bertz CT molecular complexity index is 553. The predicted octanol–water partition coefficient (Wildman–Crippen LogP) is 3.66. The lowest BCUT2D eigenvalue weighted by Crippen LogP contribution is -2.17. The molecule has 0 spiro atoms. The summed E-state index contributed by atoms with van der Waals surface area (Å²) in [7, 11) is 0. The topological polar surface area (TPSA) is 26.0 Å². The maximum atomic E-state index is 13.1. The van der Waals surface area contributed by atoms with Gasteiger partial charge in [-0.3, -0.25) is 0 Å². The minimum absolute atomic E-state index is 0.0477. The van der Waals surface area contributed by atoms with Gasteiger partial charge in [0.25, 0.3) is 0 Å². The first-order valence-corrected chi connectivity index (χ1v) is 5.97. The fourth-order valence-electron chi connectivity index (χ4n) is 1.93. The minimum Gasteiger partial charge on any atom is -0.328 e. The minimum atomic E-state index is -1.45. The van der Waals surface area contributed by atoms with Gasteiger partial charge in [-0.25, -0.2) is 13.2 Å². The molecular formula is C15H14F3N. The Labute approximate surface area is 109 Å². The lowest BCUT2D eigenvalue weighted by atomic mass is 10.0. The zero-order chi connectivity index (χ0) is 14.0. The average molecular weight is 265 g/mol. The molecule has 0 saturated carbocycles. The Morgan fingerprint density at radius 2 is 1.47 bits per heavy atom. The molecule has 100 valence electrons. The molecule has 0 aliphatic rings. The van der Waals surface area contributed by atoms with E-state index in [-0.39, 0.29) is 6.04 Å². The summed E-state index contributed by atoms with van der Waals surface area (Å²) in [6.45, 7) is 1.90. The second kappa shape index (κ2) is 5.45. The van der Waals surface area contributed by atoms with E-state index in [4.69, 9.17) is 5.73 Å². The molecule has 0 aliphatic heterocycles. The third kappa shape index (κ3) is 3.15. The molecule has 4 heteroatoms. The number of benzene rings is 2. The lowest BCUT2D eigenvalue weighted by Gasteiger charge is -2.07. The Morgan fingerprint density at radius 3 is 1.95 bits per heavy atom. The molecule has 2 aromatic rings. The maximum Gasteiger partial charge on any atom is 0.194 e. The van der Waals surface area contributed by atoms with Crippen molar-refractivity contribution in [3.8, 4) is 11.1 Å². The Morgan fingerprint density at radius 1 is 0.947 bits per heavy atom. The molecule has 19 heavy (non-hydrogen) atoms. The highest BCUT2D eigenvalue weighted by Gasteiger charge is 2.11. The van der Waals surface area contributed by atoms with Crippen molar-refractivity contribution in [3.05, 3.63) is 59.4 Å². The molecule has 1 nitrogen and oxygen atoms in total. The Balaban J connectivity index is 2.32. The Hall–Kier alpha value is -1.81. The zero-order valence-electron chi connectivity index (χ0n) is 10.5. The van der Waals surface area contributed by atoms with Crippen molar-refractivity contribution >= 4 is 0 Å². The van der Waals surface area contributed by atoms with Crippen molar-refractivity contribution in [3.63, 3.8) is 0 Å². The van der Waals surface area contributed by atoms with Gasteiger partial charge in [-0.05, 0) is 42.2 Å². The number of halogens is 3. The van der Waals surface area contributed by atoms with Crippen LogP contribution in [-0.2, 0) is 6.42 Å². The standard InChI is InChI=1S/C15H14F3N/c1-9(19)6-10-2-4-11(5-3-10)12-7-13(16)15(18)14(17)8-12/h2-5,7-9H,6,19H2,1H3. The third-order valence-corrected chi connectivity index (χ3v) is 2.83. The van der Waals surface area contributed by atoms with Crippen LogP contribution in [-0.4, -0.2) is 6.04 Å². The van der Waals surface area contributed by atoms with Crippen LogP contribution in [0.15, 0.2) is 36.4 Å². The number of nitrogens with two attached hydrogens (primary N) is 1. The van der Waals surface area contributed by atoms with Crippen LogP contribution < -0.4 is 5.73 Å². The van der Waals surface area contributed by atoms with E-state index < -0.39 is 17.5 Å². The van der Waals surface area contributed by atoms with E-state index in [1.54, 1.807) is 12.1 Å². The van der Waals surface area contributed by atoms with E-state index in [1.165, 1.54) is 0 Å². The first kappa shape index (κ1) is 13.6. The molecule has 1 atom stereocenters. The Kier molecular flexibility index (Phi) is 3.90. The van der Waals surface area contributed by atoms with Crippen molar-refractivity contribution in [2.24, 2.45) is 5.73 Å². The number of hydrogen-bond donors (Lipinski definition) is 1. The molecule has 0 fully saturated rings. The molecule has 2 rings (SSSR count). The van der Waals surface area contributed by atoms with Crippen molar-refractivity contribution < 1.29 is 13.2 Å². The number of hydrogen-bond acceptors (Lipinski definition) is 1. The van der Waals surface area contributed by atoms with Crippen LogP contribution in [0.4, 0.5) is 13.2 Å². The lowest BCUT2D eigenvalue weighted by molar-refractivity contribution is 0.448. The smallest absolute Gasteiger partial charge is 0.194 e. The molecule has 0 saturated heterocycles. The van der Waals surface area contributed by atoms with Crippen molar-refractivity contribution in [2.45, 2.75) is 19.4 Å². The van der Waals surface area contributed by atoms with Gasteiger partial charge in [0.15, 0.2) is 17.5 Å². The number of rotatable bonds is 3. The van der Waals surface area contributed by atoms with Crippen LogP contribution in [0.3, 0.4) is 0 Å². The fourth-order valence-corrected chi connectivity index (χ4v) is 1.93. The van der Waals surface area contributed by atoms with Gasteiger partial charge >= 0.3 is 0 Å². The molecule has 0 amide bonds. The predicted molar refractivity (Wildman–Crippen MR) is 69.1 cm³/mol. The van der Waals surface area contributed by atoms with Gasteiger partial charge in [-0.2, -0.15) is 0 Å². The van der Waals surface area contributed by atoms with E-state index in [0.717, 1.165) is 24.1 Å². The van der Waals surface area contributed by atoms with Crippen molar-refractivity contribution in [1.82, 2.24) is 0 Å². The molecule has 2 N–H and O–H groups in total. The highest BCUT2D eigenvalue weighted by molar-refractivity contribution is 5.63. The zero-order valence-corrected chi connectivity index (χ0v) is 10.5. The fraction of sp³-hybridized carbons (Fsp3) is 0.200. The van der Waals surface area contributed by atoms with Gasteiger partial charge in [-0.1, -0.05) is 24.3 Å². The summed E-state index contributed by atoms with van der Waals surface area (Å²) in [4.78, 5) is 0. The van der Waals surface area contributed by atoms with Crippen molar-refractivity contribution in [2.75, 3.05) is 0 Å². The van der Waals surface area contributed by atoms with E-state index in [9.17, 15) is 13.2 Å². The van der Waals surface area contributed by atoms with E-state index in [2.05, 4.69) is 0 Å². The van der Waals surface area contributed by atoms with Crippen LogP contribution in [0.1, 0.15) is 12.5 Å². The SMILES string of the molecule is CC(N)Cc1ccc(-c2cc(F)c(F)c(F)c2)cc1. The summed E-state index contributed by atoms with van der Waals surface area (Å²) >= 11 is 0. The largest absolute Gasteiger partial charge is 0.328 e. The molecular weight excluding hydrogens is 251 g/mol.